The molecule has 0 unspecified atom stereocenters. The van der Waals surface area contributed by atoms with Gasteiger partial charge >= 0.3 is 11.9 Å². The number of nitro benzene ring substituents is 1. The first-order chi connectivity index (χ1) is 14.5. The number of aryl methyl sites for hydroxylation is 1. The van der Waals surface area contributed by atoms with Gasteiger partial charge in [-0.05, 0) is 31.2 Å². The highest BCUT2D eigenvalue weighted by Crippen LogP contribution is 2.26. The van der Waals surface area contributed by atoms with Crippen molar-refractivity contribution in [3.05, 3.63) is 79.2 Å². The van der Waals surface area contributed by atoms with E-state index in [0.29, 0.717) is 15.2 Å². The van der Waals surface area contributed by atoms with Crippen LogP contribution < -0.4 is 5.69 Å². The van der Waals surface area contributed by atoms with Gasteiger partial charge in [0, 0.05) is 16.1 Å². The Bertz CT molecular complexity index is 1170. The summed E-state index contributed by atoms with van der Waals surface area (Å²) in [6.07, 6.45) is -7.75. The van der Waals surface area contributed by atoms with Gasteiger partial charge in [0.2, 0.25) is 0 Å². The summed E-state index contributed by atoms with van der Waals surface area (Å²) in [7, 11) is 0. The first-order valence-electron chi connectivity index (χ1n) is 8.90. The van der Waals surface area contributed by atoms with Crippen molar-refractivity contribution >= 4 is 17.3 Å². The molecule has 0 saturated carbocycles. The van der Waals surface area contributed by atoms with E-state index in [4.69, 9.17) is 11.6 Å². The summed E-state index contributed by atoms with van der Waals surface area (Å²) >= 11 is 5.84. The van der Waals surface area contributed by atoms with Crippen LogP contribution in [0.3, 0.4) is 0 Å². The molecule has 0 aliphatic rings. The van der Waals surface area contributed by atoms with Crippen LogP contribution in [0, 0.1) is 17.0 Å². The Kier molecular flexibility index (Phi) is 6.18. The van der Waals surface area contributed by atoms with Crippen LogP contribution in [0.4, 0.5) is 18.9 Å². The minimum atomic E-state index is -4.95. The Morgan fingerprint density at radius 1 is 1.23 bits per heavy atom. The van der Waals surface area contributed by atoms with Gasteiger partial charge in [-0.1, -0.05) is 29.8 Å². The second-order valence-electron chi connectivity index (χ2n) is 6.78. The zero-order chi connectivity index (χ0) is 22.9. The average molecular weight is 457 g/mol. The Balaban J connectivity index is 2.12. The topological polar surface area (TPSA) is 103 Å². The number of benzene rings is 2. The summed E-state index contributed by atoms with van der Waals surface area (Å²) in [6, 6.07) is 10.4. The highest BCUT2D eigenvalue weighted by atomic mass is 35.5. The Hall–Kier alpha value is -3.18. The van der Waals surface area contributed by atoms with Crippen molar-refractivity contribution in [1.82, 2.24) is 14.3 Å². The van der Waals surface area contributed by atoms with E-state index in [1.165, 1.54) is 43.3 Å². The molecule has 12 heteroatoms. The Morgan fingerprint density at radius 2 is 1.87 bits per heavy atom. The summed E-state index contributed by atoms with van der Waals surface area (Å²) in [5.74, 6) is -0.139. The maximum atomic E-state index is 12.9. The lowest BCUT2D eigenvalue weighted by molar-refractivity contribution is -0.386. The lowest BCUT2D eigenvalue weighted by Crippen LogP contribution is -2.37. The molecule has 8 nitrogen and oxygen atoms in total. The number of nitro groups is 1. The van der Waals surface area contributed by atoms with Gasteiger partial charge in [0.25, 0.3) is 5.69 Å². The molecule has 1 heterocycles. The fraction of sp³-hybridized carbons (Fsp3) is 0.263. The van der Waals surface area contributed by atoms with E-state index in [2.05, 4.69) is 5.10 Å². The lowest BCUT2D eigenvalue weighted by atomic mass is 10.1. The molecule has 1 N–H and O–H groups in total. The molecule has 0 bridgehead atoms. The second-order valence-corrected chi connectivity index (χ2v) is 7.21. The van der Waals surface area contributed by atoms with Crippen molar-refractivity contribution < 1.29 is 23.2 Å². The van der Waals surface area contributed by atoms with E-state index >= 15 is 0 Å². The molecule has 3 rings (SSSR count). The molecule has 164 valence electrons. The smallest absolute Gasteiger partial charge is 0.382 e. The van der Waals surface area contributed by atoms with Gasteiger partial charge in [0.15, 0.2) is 11.9 Å². The third-order valence-electron chi connectivity index (χ3n) is 4.58. The second kappa shape index (κ2) is 8.52. The highest BCUT2D eigenvalue weighted by molar-refractivity contribution is 6.30. The number of alkyl halides is 3. The molecule has 31 heavy (non-hydrogen) atoms. The molecule has 0 saturated heterocycles. The molecule has 0 amide bonds. The number of hydrogen-bond donors (Lipinski definition) is 1. The molecule has 0 aliphatic heterocycles. The summed E-state index contributed by atoms with van der Waals surface area (Å²) < 4.78 is 40.2. The Morgan fingerprint density at radius 3 is 2.45 bits per heavy atom. The molecule has 1 aromatic heterocycles. The van der Waals surface area contributed by atoms with Crippen LogP contribution in [0.5, 0.6) is 0 Å². The minimum Gasteiger partial charge on any atom is -0.382 e. The van der Waals surface area contributed by atoms with Gasteiger partial charge < -0.3 is 5.11 Å². The van der Waals surface area contributed by atoms with Gasteiger partial charge in [0.1, 0.15) is 0 Å². The number of halogens is 4. The fourth-order valence-corrected chi connectivity index (χ4v) is 3.19. The molecule has 0 aliphatic carbocycles. The molecular weight excluding hydrogens is 441 g/mol. The summed E-state index contributed by atoms with van der Waals surface area (Å²) in [5.41, 5.74) is -0.360. The molecule has 0 spiro atoms. The SMILES string of the molecule is Cc1cccc(Cn2nc(-c3ccc(Cl)cc3)n(C[C@H](O)C(F)(F)F)c2=O)c1[N+](=O)[O-]. The maximum absolute atomic E-state index is 12.9. The monoisotopic (exact) mass is 456 g/mol. The number of aliphatic hydroxyl groups excluding tert-OH is 1. The maximum Gasteiger partial charge on any atom is 0.416 e. The van der Waals surface area contributed by atoms with Crippen LogP contribution in [0.25, 0.3) is 11.4 Å². The third kappa shape index (κ3) is 4.78. The van der Waals surface area contributed by atoms with E-state index in [0.717, 1.165) is 4.68 Å². The average Bonchev–Trinajstić information content (AvgIpc) is 2.97. The Labute approximate surface area is 178 Å². The highest BCUT2D eigenvalue weighted by Gasteiger charge is 2.39. The number of aromatic nitrogens is 3. The molecule has 0 radical (unpaired) electrons. The predicted molar refractivity (Wildman–Crippen MR) is 106 cm³/mol. The standard InChI is InChI=1S/C19H16ClF3N4O4/c1-11-3-2-4-13(16(11)27(30)31)9-26-18(29)25(10-15(28)19(21,22)23)17(24-26)12-5-7-14(20)8-6-12/h2-8,15,28H,9-10H2,1H3/t15-/m0/s1. The van der Waals surface area contributed by atoms with Crippen LogP contribution in [0.15, 0.2) is 47.3 Å². The van der Waals surface area contributed by atoms with E-state index < -0.39 is 29.4 Å². The first-order valence-corrected chi connectivity index (χ1v) is 9.28. The third-order valence-corrected chi connectivity index (χ3v) is 4.83. The van der Waals surface area contributed by atoms with Crippen LogP contribution >= 0.6 is 11.6 Å². The van der Waals surface area contributed by atoms with E-state index in [1.54, 1.807) is 6.07 Å². The number of hydrogen-bond acceptors (Lipinski definition) is 5. The molecule has 0 fully saturated rings. The normalized spacial score (nSPS) is 12.7. The first kappa shape index (κ1) is 22.5. The van der Waals surface area contributed by atoms with Crippen molar-refractivity contribution in [2.75, 3.05) is 0 Å². The predicted octanol–water partition coefficient (Wildman–Crippen LogP) is 3.55. The number of rotatable bonds is 6. The molecule has 3 aromatic rings. The molecule has 2 aromatic carbocycles. The van der Waals surface area contributed by atoms with Gasteiger partial charge in [-0.3, -0.25) is 14.7 Å². The number of nitrogens with zero attached hydrogens (tertiary/aromatic N) is 4. The molecular formula is C19H16ClF3N4O4. The number of aliphatic hydroxyl groups is 1. The van der Waals surface area contributed by atoms with Gasteiger partial charge in [0.05, 0.1) is 23.6 Å². The van der Waals surface area contributed by atoms with Crippen LogP contribution in [0.1, 0.15) is 11.1 Å². The summed E-state index contributed by atoms with van der Waals surface area (Å²) in [4.78, 5) is 23.7. The van der Waals surface area contributed by atoms with Crippen LogP contribution in [-0.2, 0) is 13.1 Å². The van der Waals surface area contributed by atoms with E-state index in [1.807, 2.05) is 0 Å². The van der Waals surface area contributed by atoms with Gasteiger partial charge in [-0.15, -0.1) is 5.10 Å². The van der Waals surface area contributed by atoms with Crippen LogP contribution in [-0.4, -0.2) is 36.7 Å². The van der Waals surface area contributed by atoms with Gasteiger partial charge in [-0.2, -0.15) is 13.2 Å². The van der Waals surface area contributed by atoms with Gasteiger partial charge in [-0.25, -0.2) is 9.48 Å². The van der Waals surface area contributed by atoms with Crippen molar-refractivity contribution in [1.29, 1.82) is 0 Å². The van der Waals surface area contributed by atoms with E-state index in [9.17, 15) is 33.2 Å². The van der Waals surface area contributed by atoms with Crippen molar-refractivity contribution in [3.8, 4) is 11.4 Å². The lowest BCUT2D eigenvalue weighted by Gasteiger charge is -2.15. The van der Waals surface area contributed by atoms with Crippen molar-refractivity contribution in [2.45, 2.75) is 32.3 Å². The zero-order valence-electron chi connectivity index (χ0n) is 16.0. The van der Waals surface area contributed by atoms with Crippen molar-refractivity contribution in [2.24, 2.45) is 0 Å². The molecule has 1 atom stereocenters. The summed E-state index contributed by atoms with van der Waals surface area (Å²) in [5, 5.41) is 25.4. The quantitative estimate of drug-likeness (QED) is 0.451. The zero-order valence-corrected chi connectivity index (χ0v) is 16.8. The minimum absolute atomic E-state index is 0.139. The summed E-state index contributed by atoms with van der Waals surface area (Å²) in [6.45, 7) is 0.102. The van der Waals surface area contributed by atoms with Crippen molar-refractivity contribution in [3.63, 3.8) is 0 Å². The number of para-hydroxylation sites is 1. The van der Waals surface area contributed by atoms with E-state index in [-0.39, 0.29) is 29.2 Å². The van der Waals surface area contributed by atoms with Crippen LogP contribution in [0.2, 0.25) is 5.02 Å². The fourth-order valence-electron chi connectivity index (χ4n) is 3.07. The largest absolute Gasteiger partial charge is 0.416 e.